The van der Waals surface area contributed by atoms with Crippen LogP contribution in [0.5, 0.6) is 0 Å². The first-order valence-electron chi connectivity index (χ1n) is 6.93. The summed E-state index contributed by atoms with van der Waals surface area (Å²) in [6.07, 6.45) is 3.31. The molecular weight excluding hydrogens is 258 g/mol. The Morgan fingerprint density at radius 2 is 2.05 bits per heavy atom. The van der Waals surface area contributed by atoms with Crippen molar-refractivity contribution in [2.24, 2.45) is 0 Å². The van der Waals surface area contributed by atoms with E-state index in [9.17, 15) is 8.42 Å². The molecule has 0 saturated heterocycles. The lowest BCUT2D eigenvalue weighted by molar-refractivity contribution is 0.412. The molecule has 0 aromatic heterocycles. The summed E-state index contributed by atoms with van der Waals surface area (Å²) in [7, 11) is -2.99. The van der Waals surface area contributed by atoms with Gasteiger partial charge in [0.15, 0.2) is 9.84 Å². The first-order valence-corrected chi connectivity index (χ1v) is 8.89. The van der Waals surface area contributed by atoms with Gasteiger partial charge in [0.1, 0.15) is 0 Å². The van der Waals surface area contributed by atoms with Gasteiger partial charge in [-0.2, -0.15) is 0 Å². The van der Waals surface area contributed by atoms with Crippen molar-refractivity contribution in [1.82, 2.24) is 5.32 Å². The third-order valence-electron chi connectivity index (χ3n) is 4.21. The summed E-state index contributed by atoms with van der Waals surface area (Å²) in [4.78, 5) is 0. The molecule has 1 aliphatic rings. The van der Waals surface area contributed by atoms with E-state index in [0.29, 0.717) is 5.92 Å². The molecule has 1 aromatic carbocycles. The molecule has 4 heteroatoms. The Labute approximate surface area is 116 Å². The van der Waals surface area contributed by atoms with Crippen molar-refractivity contribution in [2.75, 3.05) is 12.8 Å². The van der Waals surface area contributed by atoms with Gasteiger partial charge >= 0.3 is 0 Å². The van der Waals surface area contributed by atoms with Gasteiger partial charge in [-0.1, -0.05) is 31.2 Å². The molecule has 0 bridgehead atoms. The molecule has 3 nitrogen and oxygen atoms in total. The van der Waals surface area contributed by atoms with Crippen LogP contribution in [0.1, 0.15) is 37.3 Å². The molecule has 0 radical (unpaired) electrons. The number of hydrogen-bond acceptors (Lipinski definition) is 3. The molecule has 0 amide bonds. The van der Waals surface area contributed by atoms with Crippen LogP contribution < -0.4 is 5.32 Å². The summed E-state index contributed by atoms with van der Waals surface area (Å²) in [5, 5.41) is 3.01. The minimum Gasteiger partial charge on any atom is -0.313 e. The number of rotatable bonds is 6. The molecule has 1 aliphatic carbocycles. The van der Waals surface area contributed by atoms with Gasteiger partial charge in [0.25, 0.3) is 0 Å². The van der Waals surface area contributed by atoms with Gasteiger partial charge in [-0.25, -0.2) is 8.42 Å². The van der Waals surface area contributed by atoms with E-state index >= 15 is 0 Å². The van der Waals surface area contributed by atoms with E-state index in [1.54, 1.807) is 0 Å². The molecule has 0 spiro atoms. The van der Waals surface area contributed by atoms with Crippen LogP contribution in [0.2, 0.25) is 0 Å². The van der Waals surface area contributed by atoms with Gasteiger partial charge < -0.3 is 5.32 Å². The highest BCUT2D eigenvalue weighted by Gasteiger charge is 2.32. The van der Waals surface area contributed by atoms with E-state index in [4.69, 9.17) is 0 Å². The number of sulfone groups is 1. The first kappa shape index (κ1) is 14.5. The number of hydrogen-bond donors (Lipinski definition) is 1. The van der Waals surface area contributed by atoms with Crippen LogP contribution in [0.3, 0.4) is 0 Å². The fraction of sp³-hybridized carbons (Fsp3) is 0.600. The summed E-state index contributed by atoms with van der Waals surface area (Å²) in [5.41, 5.74) is 2.81. The van der Waals surface area contributed by atoms with E-state index in [1.165, 1.54) is 17.4 Å². The maximum Gasteiger partial charge on any atom is 0.151 e. The molecule has 1 aromatic rings. The maximum absolute atomic E-state index is 11.7. The zero-order valence-corrected chi connectivity index (χ0v) is 12.7. The van der Waals surface area contributed by atoms with Crippen molar-refractivity contribution >= 4 is 9.84 Å². The maximum atomic E-state index is 11.7. The zero-order chi connectivity index (χ0) is 14.0. The highest BCUT2D eigenvalue weighted by Crippen LogP contribution is 2.38. The monoisotopic (exact) mass is 281 g/mol. The van der Waals surface area contributed by atoms with Crippen LogP contribution >= 0.6 is 0 Å². The standard InChI is InChI=1S/C15H23NO2S/c1-4-16-15(11(2)19(3,17)18)10-13-9-12-7-5-6-8-14(12)13/h5-8,11,13,15-16H,4,9-10H2,1-3H3. The molecule has 106 valence electrons. The topological polar surface area (TPSA) is 46.2 Å². The average Bonchev–Trinajstić information content (AvgIpc) is 2.32. The molecule has 1 N–H and O–H groups in total. The van der Waals surface area contributed by atoms with Crippen molar-refractivity contribution in [3.05, 3.63) is 35.4 Å². The van der Waals surface area contributed by atoms with Crippen LogP contribution in [0, 0.1) is 0 Å². The Hall–Kier alpha value is -0.870. The summed E-state index contributed by atoms with van der Waals surface area (Å²) in [6.45, 7) is 4.64. The van der Waals surface area contributed by atoms with E-state index < -0.39 is 9.84 Å². The largest absolute Gasteiger partial charge is 0.313 e. The quantitative estimate of drug-likeness (QED) is 0.869. The summed E-state index contributed by atoms with van der Waals surface area (Å²) in [5.74, 6) is 0.504. The molecule has 0 saturated carbocycles. The van der Waals surface area contributed by atoms with E-state index in [1.807, 2.05) is 13.8 Å². The van der Waals surface area contributed by atoms with Gasteiger partial charge in [-0.15, -0.1) is 0 Å². The number of benzene rings is 1. The van der Waals surface area contributed by atoms with Crippen molar-refractivity contribution in [1.29, 1.82) is 0 Å². The van der Waals surface area contributed by atoms with Crippen LogP contribution in [0.25, 0.3) is 0 Å². The van der Waals surface area contributed by atoms with Crippen molar-refractivity contribution in [3.8, 4) is 0 Å². The Bertz CT molecular complexity index is 539. The van der Waals surface area contributed by atoms with Crippen molar-refractivity contribution in [3.63, 3.8) is 0 Å². The first-order chi connectivity index (χ1) is 8.93. The van der Waals surface area contributed by atoms with Crippen LogP contribution in [-0.2, 0) is 16.3 Å². The molecule has 0 fully saturated rings. The highest BCUT2D eigenvalue weighted by molar-refractivity contribution is 7.91. The molecule has 0 heterocycles. The third kappa shape index (κ3) is 3.18. The van der Waals surface area contributed by atoms with Gasteiger partial charge in [0, 0.05) is 12.3 Å². The molecule has 2 rings (SSSR count). The average molecular weight is 281 g/mol. The minimum atomic E-state index is -2.99. The lowest BCUT2D eigenvalue weighted by atomic mass is 9.74. The molecule has 19 heavy (non-hydrogen) atoms. The molecular formula is C15H23NO2S. The third-order valence-corrected chi connectivity index (χ3v) is 5.89. The number of fused-ring (bicyclic) bond motifs is 1. The summed E-state index contributed by atoms with van der Waals surface area (Å²) < 4.78 is 23.5. The minimum absolute atomic E-state index is 0.0401. The lowest BCUT2D eigenvalue weighted by Gasteiger charge is -2.35. The predicted molar refractivity (Wildman–Crippen MR) is 79.3 cm³/mol. The Morgan fingerprint density at radius 1 is 1.37 bits per heavy atom. The van der Waals surface area contributed by atoms with Gasteiger partial charge in [0.05, 0.1) is 5.25 Å². The highest BCUT2D eigenvalue weighted by atomic mass is 32.2. The van der Waals surface area contributed by atoms with E-state index in [2.05, 4.69) is 29.6 Å². The van der Waals surface area contributed by atoms with Gasteiger partial charge in [0.2, 0.25) is 0 Å². The Balaban J connectivity index is 2.07. The van der Waals surface area contributed by atoms with Crippen molar-refractivity contribution in [2.45, 2.75) is 43.9 Å². The van der Waals surface area contributed by atoms with Crippen molar-refractivity contribution < 1.29 is 8.42 Å². The fourth-order valence-corrected chi connectivity index (χ4v) is 3.69. The van der Waals surface area contributed by atoms with Gasteiger partial charge in [-0.05, 0) is 43.4 Å². The Kier molecular flexibility index (Phi) is 4.31. The second-order valence-corrected chi connectivity index (χ2v) is 7.94. The molecule has 3 atom stereocenters. The summed E-state index contributed by atoms with van der Waals surface area (Å²) >= 11 is 0. The molecule has 3 unspecified atom stereocenters. The SMILES string of the molecule is CCNC(CC1Cc2ccccc21)C(C)S(C)(=O)=O. The fourth-order valence-electron chi connectivity index (χ4n) is 2.88. The second kappa shape index (κ2) is 5.63. The Morgan fingerprint density at radius 3 is 2.63 bits per heavy atom. The summed E-state index contributed by atoms with van der Waals surface area (Å²) in [6, 6.07) is 8.49. The number of nitrogens with one attached hydrogen (secondary N) is 1. The zero-order valence-electron chi connectivity index (χ0n) is 11.9. The van der Waals surface area contributed by atoms with Crippen LogP contribution in [0.15, 0.2) is 24.3 Å². The normalized spacial score (nSPS) is 21.3. The van der Waals surface area contributed by atoms with Crippen LogP contribution in [-0.4, -0.2) is 32.5 Å². The predicted octanol–water partition coefficient (Wildman–Crippen LogP) is 2.13. The second-order valence-electron chi connectivity index (χ2n) is 5.53. The van der Waals surface area contributed by atoms with E-state index in [0.717, 1.165) is 19.4 Å². The van der Waals surface area contributed by atoms with Crippen LogP contribution in [0.4, 0.5) is 0 Å². The van der Waals surface area contributed by atoms with Gasteiger partial charge in [-0.3, -0.25) is 0 Å². The lowest BCUT2D eigenvalue weighted by Crippen LogP contribution is -2.44. The molecule has 0 aliphatic heterocycles. The van der Waals surface area contributed by atoms with E-state index in [-0.39, 0.29) is 11.3 Å². The smallest absolute Gasteiger partial charge is 0.151 e.